The summed E-state index contributed by atoms with van der Waals surface area (Å²) in [4.78, 5) is 0. The number of rotatable bonds is 3. The molecule has 0 unspecified atom stereocenters. The van der Waals surface area contributed by atoms with E-state index < -0.39 is 85.2 Å². The fourth-order valence-electron chi connectivity index (χ4n) is 7.59. The van der Waals surface area contributed by atoms with Crippen LogP contribution in [0.3, 0.4) is 0 Å². The third-order valence-corrected chi connectivity index (χ3v) is 10.0. The molecule has 0 aliphatic heterocycles. The summed E-state index contributed by atoms with van der Waals surface area (Å²) in [6.07, 6.45) is 0. The van der Waals surface area contributed by atoms with Gasteiger partial charge in [-0.3, -0.25) is 0 Å². The van der Waals surface area contributed by atoms with Crippen molar-refractivity contribution in [2.24, 2.45) is 0 Å². The van der Waals surface area contributed by atoms with E-state index in [1.807, 2.05) is 24.3 Å². The Kier molecular flexibility index (Phi) is 6.57. The van der Waals surface area contributed by atoms with E-state index in [-0.39, 0.29) is 49.4 Å². The Bertz CT molecular complexity index is 3040. The molecule has 0 atom stereocenters. The van der Waals surface area contributed by atoms with Crippen molar-refractivity contribution in [2.45, 2.75) is 0 Å². The van der Waals surface area contributed by atoms with E-state index >= 15 is 0 Å². The number of aromatic hydroxyl groups is 11. The van der Waals surface area contributed by atoms with Gasteiger partial charge < -0.3 is 60.6 Å². The number of fused-ring (bicyclic) bond motifs is 6. The summed E-state index contributed by atoms with van der Waals surface area (Å²) in [6.45, 7) is 0. The van der Waals surface area contributed by atoms with Crippen LogP contribution in [0.1, 0.15) is 0 Å². The molecule has 1 aromatic heterocycles. The normalized spacial score (nSPS) is 11.8. The van der Waals surface area contributed by atoms with Gasteiger partial charge in [0, 0.05) is 11.1 Å². The highest BCUT2D eigenvalue weighted by Gasteiger charge is 2.34. The van der Waals surface area contributed by atoms with Crippen LogP contribution in [0.5, 0.6) is 63.2 Å². The van der Waals surface area contributed by atoms with Crippen molar-refractivity contribution in [3.05, 3.63) is 91.0 Å². The second kappa shape index (κ2) is 11.1. The molecule has 12 heteroatoms. The Morgan fingerprint density at radius 1 is 0.296 bits per heavy atom. The van der Waals surface area contributed by atoms with Gasteiger partial charge in [-0.05, 0) is 43.9 Å². The maximum Gasteiger partial charge on any atom is 0.208 e. The molecular weight excluding hydrogens is 696 g/mol. The summed E-state index contributed by atoms with van der Waals surface area (Å²) in [5.41, 5.74) is -1.52. The molecular formula is C42H26O12. The molecule has 1 heterocycles. The lowest BCUT2D eigenvalue weighted by Gasteiger charge is -2.22. The van der Waals surface area contributed by atoms with E-state index in [4.69, 9.17) is 4.42 Å². The summed E-state index contributed by atoms with van der Waals surface area (Å²) in [6, 6.07) is 25.5. The minimum Gasteiger partial charge on any atom is -0.506 e. The van der Waals surface area contributed by atoms with Gasteiger partial charge in [-0.15, -0.1) is 0 Å². The quantitative estimate of drug-likeness (QED) is 0.0466. The molecule has 12 nitrogen and oxygen atoms in total. The monoisotopic (exact) mass is 722 g/mol. The SMILES string of the molecule is Oc1c(O)c(-c2c3ccccc3c(-c3c(O)c(O)c4oc5c(O)c(O)c(O)c(O)c5c4c3O)c3ccccc23)c(O)c(O)c1-c1ccc2ccccc2c1. The first-order valence-electron chi connectivity index (χ1n) is 16.3. The molecule has 11 N–H and O–H groups in total. The van der Waals surface area contributed by atoms with Crippen LogP contribution in [0.25, 0.3) is 87.6 Å². The lowest BCUT2D eigenvalue weighted by atomic mass is 9.83. The lowest BCUT2D eigenvalue weighted by molar-refractivity contribution is 0.348. The lowest BCUT2D eigenvalue weighted by Crippen LogP contribution is -1.94. The fourth-order valence-corrected chi connectivity index (χ4v) is 7.59. The van der Waals surface area contributed by atoms with Crippen molar-refractivity contribution < 1.29 is 60.6 Å². The molecule has 0 aliphatic carbocycles. The first-order chi connectivity index (χ1) is 25.9. The van der Waals surface area contributed by atoms with Gasteiger partial charge in [0.1, 0.15) is 5.75 Å². The second-order valence-corrected chi connectivity index (χ2v) is 12.9. The summed E-state index contributed by atoms with van der Waals surface area (Å²) in [5, 5.41) is 125. The molecule has 0 amide bonds. The smallest absolute Gasteiger partial charge is 0.208 e. The zero-order chi connectivity index (χ0) is 37.9. The fraction of sp³-hybridized carbons (Fsp3) is 0. The highest BCUT2D eigenvalue weighted by atomic mass is 16.4. The number of hydrogen-bond acceptors (Lipinski definition) is 12. The Balaban J connectivity index is 1.39. The van der Waals surface area contributed by atoms with Crippen LogP contribution in [0.4, 0.5) is 0 Å². The van der Waals surface area contributed by atoms with Gasteiger partial charge in [0.2, 0.25) is 23.0 Å². The molecule has 0 spiro atoms. The van der Waals surface area contributed by atoms with Gasteiger partial charge in [0.15, 0.2) is 45.7 Å². The Morgan fingerprint density at radius 3 is 1.22 bits per heavy atom. The van der Waals surface area contributed by atoms with Crippen LogP contribution < -0.4 is 0 Å². The Hall–Kier alpha value is -7.86. The topological polar surface area (TPSA) is 236 Å². The Labute approximate surface area is 302 Å². The first kappa shape index (κ1) is 32.1. The van der Waals surface area contributed by atoms with Crippen LogP contribution in [0.2, 0.25) is 0 Å². The number of phenolic OH excluding ortho intramolecular Hbond substituents is 11. The maximum absolute atomic E-state index is 11.9. The third kappa shape index (κ3) is 4.07. The molecule has 9 aromatic rings. The molecule has 0 saturated carbocycles. The molecule has 0 radical (unpaired) electrons. The van der Waals surface area contributed by atoms with E-state index in [0.29, 0.717) is 5.56 Å². The zero-order valence-corrected chi connectivity index (χ0v) is 27.5. The highest BCUT2D eigenvalue weighted by molar-refractivity contribution is 6.26. The first-order valence-corrected chi connectivity index (χ1v) is 16.3. The van der Waals surface area contributed by atoms with Crippen LogP contribution in [0, 0.1) is 0 Å². The predicted octanol–water partition coefficient (Wildman–Crippen LogP) is 8.81. The number of benzene rings is 8. The van der Waals surface area contributed by atoms with E-state index in [9.17, 15) is 56.2 Å². The number of phenols is 11. The maximum atomic E-state index is 11.9. The van der Waals surface area contributed by atoms with Crippen LogP contribution >= 0.6 is 0 Å². The number of hydrogen-bond donors (Lipinski definition) is 11. The molecule has 54 heavy (non-hydrogen) atoms. The van der Waals surface area contributed by atoms with Gasteiger partial charge in [0.25, 0.3) is 0 Å². The van der Waals surface area contributed by atoms with Gasteiger partial charge in [0.05, 0.1) is 27.5 Å². The average Bonchev–Trinajstić information content (AvgIpc) is 3.60. The van der Waals surface area contributed by atoms with Gasteiger partial charge >= 0.3 is 0 Å². The summed E-state index contributed by atoms with van der Waals surface area (Å²) in [7, 11) is 0. The predicted molar refractivity (Wildman–Crippen MR) is 201 cm³/mol. The minimum atomic E-state index is -1.13. The second-order valence-electron chi connectivity index (χ2n) is 12.9. The van der Waals surface area contributed by atoms with E-state index in [0.717, 1.165) is 10.8 Å². The van der Waals surface area contributed by atoms with Crippen LogP contribution in [0.15, 0.2) is 95.4 Å². The van der Waals surface area contributed by atoms with Crippen molar-refractivity contribution in [3.8, 4) is 96.6 Å². The van der Waals surface area contributed by atoms with Crippen molar-refractivity contribution in [1.82, 2.24) is 0 Å². The molecule has 9 rings (SSSR count). The van der Waals surface area contributed by atoms with Crippen molar-refractivity contribution >= 4 is 54.3 Å². The van der Waals surface area contributed by atoms with Crippen molar-refractivity contribution in [1.29, 1.82) is 0 Å². The standard InChI is InChI=1S/C42H26O12/c43-30-26(35(48)39(52)41-28(30)29-36(49)37(50)38(51)40(53)42(29)54-41)24-19-9-3-5-11-21(19)25(22-12-6-4-10-20(22)24)27-33(46)31(44)23(32(45)34(27)47)18-14-13-16-7-1-2-8-17(16)15-18/h1-15,43-53H. The highest BCUT2D eigenvalue weighted by Crippen LogP contribution is 2.62. The van der Waals surface area contributed by atoms with E-state index in [2.05, 4.69) is 0 Å². The third-order valence-electron chi connectivity index (χ3n) is 10.0. The average molecular weight is 723 g/mol. The molecule has 8 aromatic carbocycles. The summed E-state index contributed by atoms with van der Waals surface area (Å²) >= 11 is 0. The van der Waals surface area contributed by atoms with Gasteiger partial charge in [-0.1, -0.05) is 84.9 Å². The van der Waals surface area contributed by atoms with Crippen LogP contribution in [-0.2, 0) is 0 Å². The van der Waals surface area contributed by atoms with Crippen LogP contribution in [-0.4, -0.2) is 56.2 Å². The summed E-state index contributed by atoms with van der Waals surface area (Å²) in [5.74, 6) is -9.71. The van der Waals surface area contributed by atoms with Gasteiger partial charge in [-0.2, -0.15) is 0 Å². The van der Waals surface area contributed by atoms with Crippen molar-refractivity contribution in [3.63, 3.8) is 0 Å². The molecule has 0 bridgehead atoms. The minimum absolute atomic E-state index is 0.110. The molecule has 0 fully saturated rings. The Morgan fingerprint density at radius 2 is 0.685 bits per heavy atom. The molecule has 0 aliphatic rings. The van der Waals surface area contributed by atoms with E-state index in [1.54, 1.807) is 66.7 Å². The largest absolute Gasteiger partial charge is 0.506 e. The molecule has 266 valence electrons. The summed E-state index contributed by atoms with van der Waals surface area (Å²) < 4.78 is 5.49. The van der Waals surface area contributed by atoms with E-state index in [1.165, 1.54) is 0 Å². The van der Waals surface area contributed by atoms with Gasteiger partial charge in [-0.25, -0.2) is 0 Å². The zero-order valence-electron chi connectivity index (χ0n) is 27.5. The molecule has 0 saturated heterocycles. The van der Waals surface area contributed by atoms with Crippen molar-refractivity contribution in [2.75, 3.05) is 0 Å². The number of furan rings is 1.